The molecule has 0 saturated heterocycles. The highest BCUT2D eigenvalue weighted by Gasteiger charge is 2.21. The van der Waals surface area contributed by atoms with Crippen LogP contribution < -0.4 is 4.72 Å². The summed E-state index contributed by atoms with van der Waals surface area (Å²) in [4.78, 5) is 10.2. The van der Waals surface area contributed by atoms with Gasteiger partial charge < -0.3 is 10.2 Å². The van der Waals surface area contributed by atoms with Gasteiger partial charge >= 0.3 is 5.97 Å². The Balaban J connectivity index is 2.75. The first-order valence-corrected chi connectivity index (χ1v) is 5.73. The van der Waals surface area contributed by atoms with Crippen molar-refractivity contribution in [3.63, 3.8) is 0 Å². The second kappa shape index (κ2) is 4.60. The van der Waals surface area contributed by atoms with E-state index in [1.54, 1.807) is 0 Å². The Hall–Kier alpha value is -1.45. The maximum Gasteiger partial charge on any atom is 0.333 e. The highest BCUT2D eigenvalue weighted by Crippen LogP contribution is 2.10. The molecular weight excluding hydrogens is 238 g/mol. The van der Waals surface area contributed by atoms with E-state index in [9.17, 15) is 13.2 Å². The van der Waals surface area contributed by atoms with E-state index >= 15 is 0 Å². The summed E-state index contributed by atoms with van der Waals surface area (Å²) in [7, 11) is -3.84. The number of aromatic nitrogens is 2. The Morgan fingerprint density at radius 1 is 1.69 bits per heavy atom. The number of aliphatic hydroxyl groups is 1. The van der Waals surface area contributed by atoms with Crippen molar-refractivity contribution in [2.75, 3.05) is 6.54 Å². The quantitative estimate of drug-likeness (QED) is 0.499. The van der Waals surface area contributed by atoms with Gasteiger partial charge in [0, 0.05) is 6.54 Å². The van der Waals surface area contributed by atoms with Crippen LogP contribution in [0.25, 0.3) is 0 Å². The molecule has 1 aromatic heterocycles. The van der Waals surface area contributed by atoms with E-state index < -0.39 is 28.6 Å². The van der Waals surface area contributed by atoms with Gasteiger partial charge in [-0.3, -0.25) is 5.10 Å². The molecule has 0 aliphatic rings. The number of nitrogens with one attached hydrogen (secondary N) is 2. The fourth-order valence-corrected chi connectivity index (χ4v) is 2.14. The van der Waals surface area contributed by atoms with Crippen LogP contribution in [0.3, 0.4) is 0 Å². The van der Waals surface area contributed by atoms with Gasteiger partial charge in [0.2, 0.25) is 10.0 Å². The SMILES string of the molecule is Cc1[nH]ncc1S(=O)(=O)NC[C@H](O)C(=O)O. The predicted octanol–water partition coefficient (Wildman–Crippen LogP) is -1.56. The number of sulfonamides is 1. The number of carboxylic acids is 1. The maximum absolute atomic E-state index is 11.6. The average molecular weight is 249 g/mol. The van der Waals surface area contributed by atoms with Crippen molar-refractivity contribution >= 4 is 16.0 Å². The molecule has 0 bridgehead atoms. The second-order valence-corrected chi connectivity index (χ2v) is 4.80. The van der Waals surface area contributed by atoms with E-state index in [-0.39, 0.29) is 4.90 Å². The van der Waals surface area contributed by atoms with Crippen LogP contribution >= 0.6 is 0 Å². The molecule has 0 aliphatic carbocycles. The van der Waals surface area contributed by atoms with Gasteiger partial charge in [-0.2, -0.15) is 5.10 Å². The van der Waals surface area contributed by atoms with Crippen LogP contribution in [-0.4, -0.2) is 47.4 Å². The Kier molecular flexibility index (Phi) is 3.62. The van der Waals surface area contributed by atoms with E-state index in [4.69, 9.17) is 10.2 Å². The van der Waals surface area contributed by atoms with E-state index in [1.807, 2.05) is 4.72 Å². The average Bonchev–Trinajstić information content (AvgIpc) is 2.61. The summed E-state index contributed by atoms with van der Waals surface area (Å²) < 4.78 is 25.1. The number of aliphatic hydroxyl groups excluding tert-OH is 1. The molecule has 90 valence electrons. The molecule has 1 atom stereocenters. The van der Waals surface area contributed by atoms with Crippen molar-refractivity contribution in [2.24, 2.45) is 0 Å². The van der Waals surface area contributed by atoms with Gasteiger partial charge in [0.25, 0.3) is 0 Å². The summed E-state index contributed by atoms with van der Waals surface area (Å²) in [6.45, 7) is 0.914. The topological polar surface area (TPSA) is 132 Å². The summed E-state index contributed by atoms with van der Waals surface area (Å²) in [6.07, 6.45) is -0.674. The largest absolute Gasteiger partial charge is 0.479 e. The van der Waals surface area contributed by atoms with Crippen LogP contribution in [0.15, 0.2) is 11.1 Å². The van der Waals surface area contributed by atoms with Crippen molar-refractivity contribution < 1.29 is 23.4 Å². The Labute approximate surface area is 91.3 Å². The van der Waals surface area contributed by atoms with Crippen LogP contribution in [0, 0.1) is 6.92 Å². The second-order valence-electron chi connectivity index (χ2n) is 3.07. The van der Waals surface area contributed by atoms with Crippen LogP contribution in [0.2, 0.25) is 0 Å². The molecule has 0 saturated carbocycles. The summed E-state index contributed by atoms with van der Waals surface area (Å²) in [5.74, 6) is -1.49. The third kappa shape index (κ3) is 2.78. The predicted molar refractivity (Wildman–Crippen MR) is 52.2 cm³/mol. The van der Waals surface area contributed by atoms with Crippen molar-refractivity contribution in [3.8, 4) is 0 Å². The van der Waals surface area contributed by atoms with E-state index in [2.05, 4.69) is 10.2 Å². The number of nitrogens with zero attached hydrogens (tertiary/aromatic N) is 1. The van der Waals surface area contributed by atoms with Gasteiger partial charge in [0.1, 0.15) is 4.90 Å². The number of aliphatic carboxylic acids is 1. The lowest BCUT2D eigenvalue weighted by Gasteiger charge is -2.07. The standard InChI is InChI=1S/C7H11N3O5S/c1-4-6(3-8-10-4)16(14,15)9-2-5(11)7(12)13/h3,5,9,11H,2H2,1H3,(H,8,10)(H,12,13)/t5-/m0/s1. The van der Waals surface area contributed by atoms with Crippen LogP contribution in [0.4, 0.5) is 0 Å². The summed E-state index contributed by atoms with van der Waals surface area (Å²) in [6, 6.07) is 0. The minimum atomic E-state index is -3.84. The maximum atomic E-state index is 11.6. The van der Waals surface area contributed by atoms with Crippen molar-refractivity contribution in [2.45, 2.75) is 17.9 Å². The van der Waals surface area contributed by atoms with E-state index in [0.29, 0.717) is 5.69 Å². The molecule has 1 heterocycles. The lowest BCUT2D eigenvalue weighted by Crippen LogP contribution is -2.36. The number of hydrogen-bond acceptors (Lipinski definition) is 5. The summed E-state index contributed by atoms with van der Waals surface area (Å²) in [5, 5.41) is 23.2. The van der Waals surface area contributed by atoms with Gasteiger partial charge in [-0.1, -0.05) is 0 Å². The Bertz CT molecular complexity index is 480. The first-order valence-electron chi connectivity index (χ1n) is 4.25. The number of rotatable bonds is 5. The molecule has 1 aromatic rings. The molecule has 0 radical (unpaired) electrons. The first kappa shape index (κ1) is 12.6. The number of carbonyl (C=O) groups is 1. The monoisotopic (exact) mass is 249 g/mol. The van der Waals surface area contributed by atoms with Gasteiger partial charge in [-0.25, -0.2) is 17.9 Å². The fraction of sp³-hybridized carbons (Fsp3) is 0.429. The minimum absolute atomic E-state index is 0.0786. The zero-order valence-electron chi connectivity index (χ0n) is 8.34. The molecule has 16 heavy (non-hydrogen) atoms. The molecule has 4 N–H and O–H groups in total. The van der Waals surface area contributed by atoms with Gasteiger partial charge in [-0.15, -0.1) is 0 Å². The lowest BCUT2D eigenvalue weighted by atomic mass is 10.4. The van der Waals surface area contributed by atoms with E-state index in [0.717, 1.165) is 6.20 Å². The molecule has 9 heteroatoms. The molecule has 0 aliphatic heterocycles. The third-order valence-electron chi connectivity index (χ3n) is 1.82. The number of aromatic amines is 1. The normalized spacial score (nSPS) is 13.6. The van der Waals surface area contributed by atoms with Crippen LogP contribution in [0.1, 0.15) is 5.69 Å². The molecular formula is C7H11N3O5S. The molecule has 0 unspecified atom stereocenters. The smallest absolute Gasteiger partial charge is 0.333 e. The molecule has 0 amide bonds. The number of H-pyrrole nitrogens is 1. The zero-order valence-corrected chi connectivity index (χ0v) is 9.15. The summed E-state index contributed by atoms with van der Waals surface area (Å²) >= 11 is 0. The molecule has 0 fully saturated rings. The highest BCUT2D eigenvalue weighted by molar-refractivity contribution is 7.89. The van der Waals surface area contributed by atoms with Crippen LogP contribution in [-0.2, 0) is 14.8 Å². The van der Waals surface area contributed by atoms with E-state index in [1.165, 1.54) is 6.92 Å². The Morgan fingerprint density at radius 2 is 2.31 bits per heavy atom. The minimum Gasteiger partial charge on any atom is -0.479 e. The number of carboxylic acid groups (broad SMARTS) is 1. The number of aryl methyl sites for hydroxylation is 1. The molecule has 0 spiro atoms. The fourth-order valence-electron chi connectivity index (χ4n) is 0.964. The van der Waals surface area contributed by atoms with Gasteiger partial charge in [0.05, 0.1) is 11.9 Å². The van der Waals surface area contributed by atoms with Gasteiger partial charge in [-0.05, 0) is 6.92 Å². The van der Waals surface area contributed by atoms with Crippen molar-refractivity contribution in [3.05, 3.63) is 11.9 Å². The lowest BCUT2D eigenvalue weighted by molar-refractivity contribution is -0.146. The Morgan fingerprint density at radius 3 is 2.75 bits per heavy atom. The third-order valence-corrected chi connectivity index (χ3v) is 3.36. The van der Waals surface area contributed by atoms with Crippen LogP contribution in [0.5, 0.6) is 0 Å². The highest BCUT2D eigenvalue weighted by atomic mass is 32.2. The number of hydrogen-bond donors (Lipinski definition) is 4. The summed E-state index contributed by atoms with van der Waals surface area (Å²) in [5.41, 5.74) is 0.331. The first-order chi connectivity index (χ1) is 7.34. The molecule has 8 nitrogen and oxygen atoms in total. The zero-order chi connectivity index (χ0) is 12.3. The molecule has 1 rings (SSSR count). The molecule has 0 aromatic carbocycles. The van der Waals surface area contributed by atoms with Crippen molar-refractivity contribution in [1.82, 2.24) is 14.9 Å². The van der Waals surface area contributed by atoms with Crippen molar-refractivity contribution in [1.29, 1.82) is 0 Å². The van der Waals surface area contributed by atoms with Gasteiger partial charge in [0.15, 0.2) is 6.10 Å².